The molecular formula is C29H34N2O4. The Morgan fingerprint density at radius 1 is 0.800 bits per heavy atom. The molecule has 0 aliphatic carbocycles. The van der Waals surface area contributed by atoms with Crippen LogP contribution < -0.4 is 14.8 Å². The van der Waals surface area contributed by atoms with Crippen LogP contribution in [0.4, 0.5) is 0 Å². The van der Waals surface area contributed by atoms with Gasteiger partial charge >= 0.3 is 0 Å². The summed E-state index contributed by atoms with van der Waals surface area (Å²) in [6, 6.07) is 24.6. The minimum Gasteiger partial charge on any atom is -0.497 e. The second kappa shape index (κ2) is 13.2. The molecule has 0 bridgehead atoms. The van der Waals surface area contributed by atoms with Crippen LogP contribution >= 0.6 is 0 Å². The fraction of sp³-hybridized carbons (Fsp3) is 0.310. The van der Waals surface area contributed by atoms with E-state index in [4.69, 9.17) is 9.47 Å². The van der Waals surface area contributed by atoms with Gasteiger partial charge in [-0.15, -0.1) is 0 Å². The van der Waals surface area contributed by atoms with Crippen molar-refractivity contribution in [1.82, 2.24) is 10.2 Å². The highest BCUT2D eigenvalue weighted by molar-refractivity contribution is 5.88. The van der Waals surface area contributed by atoms with Gasteiger partial charge in [-0.3, -0.25) is 9.59 Å². The fourth-order valence-electron chi connectivity index (χ4n) is 3.92. The number of nitrogens with zero attached hydrogens (tertiary/aromatic N) is 1. The summed E-state index contributed by atoms with van der Waals surface area (Å²) in [5.41, 5.74) is 3.05. The Kier molecular flexibility index (Phi) is 9.72. The lowest BCUT2D eigenvalue weighted by molar-refractivity contribution is -0.141. The third kappa shape index (κ3) is 7.60. The maximum absolute atomic E-state index is 13.4. The molecule has 0 fully saturated rings. The van der Waals surface area contributed by atoms with Crippen LogP contribution in [0.3, 0.4) is 0 Å². The van der Waals surface area contributed by atoms with Crippen LogP contribution in [-0.2, 0) is 29.0 Å². The molecule has 6 heteroatoms. The normalized spacial score (nSPS) is 11.4. The Hall–Kier alpha value is -3.80. The van der Waals surface area contributed by atoms with E-state index in [-0.39, 0.29) is 11.8 Å². The van der Waals surface area contributed by atoms with Crippen LogP contribution in [0.2, 0.25) is 0 Å². The summed E-state index contributed by atoms with van der Waals surface area (Å²) in [6.45, 7) is 2.65. The van der Waals surface area contributed by atoms with Gasteiger partial charge in [0.15, 0.2) is 0 Å². The van der Waals surface area contributed by atoms with E-state index in [1.165, 1.54) is 0 Å². The van der Waals surface area contributed by atoms with Crippen LogP contribution in [0.5, 0.6) is 11.5 Å². The lowest BCUT2D eigenvalue weighted by Gasteiger charge is -2.31. The van der Waals surface area contributed by atoms with Crippen molar-refractivity contribution in [3.63, 3.8) is 0 Å². The molecule has 3 rings (SSSR count). The smallest absolute Gasteiger partial charge is 0.243 e. The minimum atomic E-state index is -0.622. The van der Waals surface area contributed by atoms with Crippen molar-refractivity contribution in [2.24, 2.45) is 0 Å². The Balaban J connectivity index is 1.77. The molecule has 0 aliphatic rings. The van der Waals surface area contributed by atoms with Gasteiger partial charge in [0.1, 0.15) is 17.5 Å². The number of methoxy groups -OCH3 is 2. The number of carbonyl (C=O) groups is 2. The summed E-state index contributed by atoms with van der Waals surface area (Å²) in [5, 5.41) is 3.06. The number of amides is 2. The zero-order valence-corrected chi connectivity index (χ0v) is 20.7. The summed E-state index contributed by atoms with van der Waals surface area (Å²) in [7, 11) is 3.26. The quantitative estimate of drug-likeness (QED) is 0.422. The van der Waals surface area contributed by atoms with E-state index in [2.05, 4.69) is 5.32 Å². The van der Waals surface area contributed by atoms with E-state index in [9.17, 15) is 9.59 Å². The highest BCUT2D eigenvalue weighted by Gasteiger charge is 2.29. The largest absolute Gasteiger partial charge is 0.497 e. The predicted octanol–water partition coefficient (Wildman–Crippen LogP) is 4.41. The first kappa shape index (κ1) is 25.8. The van der Waals surface area contributed by atoms with Gasteiger partial charge in [0.25, 0.3) is 0 Å². The van der Waals surface area contributed by atoms with Crippen LogP contribution in [0.1, 0.15) is 30.0 Å². The van der Waals surface area contributed by atoms with Gasteiger partial charge in [0.05, 0.1) is 14.2 Å². The number of nitrogens with one attached hydrogen (secondary N) is 1. The maximum atomic E-state index is 13.4. The van der Waals surface area contributed by atoms with Gasteiger partial charge in [-0.05, 0) is 47.4 Å². The van der Waals surface area contributed by atoms with Crippen LogP contribution in [0.15, 0.2) is 78.9 Å². The number of rotatable bonds is 12. The maximum Gasteiger partial charge on any atom is 0.243 e. The first-order chi connectivity index (χ1) is 17.0. The van der Waals surface area contributed by atoms with Gasteiger partial charge in [0.2, 0.25) is 11.8 Å². The molecule has 0 aliphatic heterocycles. The lowest BCUT2D eigenvalue weighted by atomic mass is 10.0. The standard InChI is InChI=1S/C29H34N2O4/c1-4-28(32)31(21-24-12-16-26(35-3)17-13-24)27(20-23-8-6-5-7-9-23)29(33)30-19-18-22-10-14-25(34-2)15-11-22/h5-17,27H,4,18-21H2,1-3H3,(H,30,33)/t27-/m0/s1. The summed E-state index contributed by atoms with van der Waals surface area (Å²) in [6.07, 6.45) is 1.45. The molecule has 6 nitrogen and oxygen atoms in total. The molecule has 0 saturated heterocycles. The predicted molar refractivity (Wildman–Crippen MR) is 137 cm³/mol. The number of benzene rings is 3. The second-order valence-electron chi connectivity index (χ2n) is 8.32. The van der Waals surface area contributed by atoms with E-state index in [1.807, 2.05) is 85.8 Å². The van der Waals surface area contributed by atoms with Gasteiger partial charge in [-0.2, -0.15) is 0 Å². The SMILES string of the molecule is CCC(=O)N(Cc1ccc(OC)cc1)[C@@H](Cc1ccccc1)C(=O)NCCc1ccc(OC)cc1. The summed E-state index contributed by atoms with van der Waals surface area (Å²) >= 11 is 0. The van der Waals surface area contributed by atoms with E-state index in [0.29, 0.717) is 32.4 Å². The van der Waals surface area contributed by atoms with E-state index in [0.717, 1.165) is 28.2 Å². The zero-order valence-electron chi connectivity index (χ0n) is 20.7. The topological polar surface area (TPSA) is 67.9 Å². The molecular weight excluding hydrogens is 440 g/mol. The molecule has 0 saturated carbocycles. The first-order valence-corrected chi connectivity index (χ1v) is 11.9. The molecule has 2 amide bonds. The number of ether oxygens (including phenoxy) is 2. The van der Waals surface area contributed by atoms with Crippen molar-refractivity contribution < 1.29 is 19.1 Å². The van der Waals surface area contributed by atoms with Crippen molar-refractivity contribution >= 4 is 11.8 Å². The minimum absolute atomic E-state index is 0.0629. The highest BCUT2D eigenvalue weighted by Crippen LogP contribution is 2.18. The highest BCUT2D eigenvalue weighted by atomic mass is 16.5. The summed E-state index contributed by atoms with van der Waals surface area (Å²) in [5.74, 6) is 1.33. The monoisotopic (exact) mass is 474 g/mol. The van der Waals surface area contributed by atoms with Gasteiger partial charge in [0, 0.05) is 25.9 Å². The number of carbonyl (C=O) groups excluding carboxylic acids is 2. The second-order valence-corrected chi connectivity index (χ2v) is 8.32. The van der Waals surface area contributed by atoms with Crippen molar-refractivity contribution in [2.45, 2.75) is 38.8 Å². The third-order valence-corrected chi connectivity index (χ3v) is 5.96. The summed E-state index contributed by atoms with van der Waals surface area (Å²) < 4.78 is 10.5. The Morgan fingerprint density at radius 2 is 1.37 bits per heavy atom. The van der Waals surface area contributed by atoms with Gasteiger partial charge in [-0.25, -0.2) is 0 Å². The molecule has 0 radical (unpaired) electrons. The molecule has 3 aromatic rings. The zero-order chi connectivity index (χ0) is 25.0. The fourth-order valence-corrected chi connectivity index (χ4v) is 3.92. The van der Waals surface area contributed by atoms with Crippen LogP contribution in [0.25, 0.3) is 0 Å². The van der Waals surface area contributed by atoms with Crippen molar-refractivity contribution in [3.05, 3.63) is 95.6 Å². The molecule has 3 aromatic carbocycles. The molecule has 0 aromatic heterocycles. The molecule has 35 heavy (non-hydrogen) atoms. The average molecular weight is 475 g/mol. The Morgan fingerprint density at radius 3 is 1.91 bits per heavy atom. The average Bonchev–Trinajstić information content (AvgIpc) is 2.91. The van der Waals surface area contributed by atoms with Crippen LogP contribution in [0, 0.1) is 0 Å². The molecule has 1 atom stereocenters. The molecule has 0 spiro atoms. The van der Waals surface area contributed by atoms with Crippen molar-refractivity contribution in [3.8, 4) is 11.5 Å². The van der Waals surface area contributed by atoms with Crippen molar-refractivity contribution in [2.75, 3.05) is 20.8 Å². The molecule has 0 unspecified atom stereocenters. The molecule has 184 valence electrons. The van der Waals surface area contributed by atoms with Crippen LogP contribution in [-0.4, -0.2) is 43.5 Å². The third-order valence-electron chi connectivity index (χ3n) is 5.96. The summed E-state index contributed by atoms with van der Waals surface area (Å²) in [4.78, 5) is 28.2. The van der Waals surface area contributed by atoms with Crippen molar-refractivity contribution in [1.29, 1.82) is 0 Å². The van der Waals surface area contributed by atoms with E-state index >= 15 is 0 Å². The number of hydrogen-bond donors (Lipinski definition) is 1. The van der Waals surface area contributed by atoms with Gasteiger partial charge in [-0.1, -0.05) is 61.5 Å². The lowest BCUT2D eigenvalue weighted by Crippen LogP contribution is -2.50. The van der Waals surface area contributed by atoms with E-state index in [1.54, 1.807) is 19.1 Å². The first-order valence-electron chi connectivity index (χ1n) is 11.9. The Labute approximate surface area is 207 Å². The molecule has 1 N–H and O–H groups in total. The number of hydrogen-bond acceptors (Lipinski definition) is 4. The molecule has 0 heterocycles. The Bertz CT molecular complexity index is 1070. The van der Waals surface area contributed by atoms with Gasteiger partial charge < -0.3 is 19.7 Å². The van der Waals surface area contributed by atoms with E-state index < -0.39 is 6.04 Å².